The van der Waals surface area contributed by atoms with Crippen LogP contribution in [0.4, 0.5) is 5.69 Å². The Morgan fingerprint density at radius 1 is 0.404 bits per heavy atom. The van der Waals surface area contributed by atoms with Gasteiger partial charge >= 0.3 is 0 Å². The van der Waals surface area contributed by atoms with Gasteiger partial charge in [-0.15, -0.1) is 0 Å². The van der Waals surface area contributed by atoms with Crippen LogP contribution in [0.15, 0.2) is 182 Å². The second kappa shape index (κ2) is 12.0. The maximum Gasteiger partial charge on any atom is 0.188 e. The average molecular weight is 663 g/mol. The third-order valence-corrected chi connectivity index (χ3v) is 10.1. The second-order valence-corrected chi connectivity index (χ2v) is 13.1. The first-order valence-corrected chi connectivity index (χ1v) is 17.4. The van der Waals surface area contributed by atoms with Crippen LogP contribution in [0.1, 0.15) is 0 Å². The van der Waals surface area contributed by atoms with Crippen molar-refractivity contribution in [2.45, 2.75) is 0 Å². The predicted molar refractivity (Wildman–Crippen MR) is 215 cm³/mol. The number of hydrogen-bond donors (Lipinski definition) is 0. The molecule has 0 spiro atoms. The molecule has 0 radical (unpaired) electrons. The first-order chi connectivity index (χ1) is 25.7. The van der Waals surface area contributed by atoms with Crippen LogP contribution < -0.4 is 0 Å². The van der Waals surface area contributed by atoms with Crippen molar-refractivity contribution < 1.29 is 0 Å². The maximum atomic E-state index is 7.79. The minimum Gasteiger partial charge on any atom is -0.309 e. The molecule has 10 aromatic rings. The van der Waals surface area contributed by atoms with E-state index in [4.69, 9.17) is 11.6 Å². The molecule has 3 aromatic heterocycles. The molecule has 0 bridgehead atoms. The second-order valence-electron chi connectivity index (χ2n) is 13.1. The fraction of sp³-hybridized carbons (Fsp3) is 0. The Labute approximate surface area is 300 Å². The molecule has 0 amide bonds. The first-order valence-electron chi connectivity index (χ1n) is 17.4. The summed E-state index contributed by atoms with van der Waals surface area (Å²) in [5.74, 6) is 0. The van der Waals surface area contributed by atoms with E-state index in [0.717, 1.165) is 77.9 Å². The van der Waals surface area contributed by atoms with Crippen LogP contribution in [0.25, 0.3) is 93.5 Å². The molecule has 52 heavy (non-hydrogen) atoms. The summed E-state index contributed by atoms with van der Waals surface area (Å²) in [6, 6.07) is 63.7. The Hall–Kier alpha value is -7.22. The number of para-hydroxylation sites is 2. The quantitative estimate of drug-likeness (QED) is 0.169. The van der Waals surface area contributed by atoms with Gasteiger partial charge in [-0.1, -0.05) is 121 Å². The number of benzene rings is 7. The Balaban J connectivity index is 1.21. The molecule has 0 saturated carbocycles. The van der Waals surface area contributed by atoms with Gasteiger partial charge in [-0.2, -0.15) is 0 Å². The Morgan fingerprint density at radius 2 is 0.981 bits per heavy atom. The molecule has 7 aromatic carbocycles. The highest BCUT2D eigenvalue weighted by atomic mass is 15.0. The van der Waals surface area contributed by atoms with E-state index in [0.29, 0.717) is 5.69 Å². The van der Waals surface area contributed by atoms with Crippen LogP contribution in [0.2, 0.25) is 0 Å². The predicted octanol–water partition coefficient (Wildman–Crippen LogP) is 12.8. The van der Waals surface area contributed by atoms with Crippen LogP contribution >= 0.6 is 0 Å². The van der Waals surface area contributed by atoms with Crippen molar-refractivity contribution in [3.8, 4) is 45.0 Å². The Bertz CT molecular complexity index is 2930. The summed E-state index contributed by atoms with van der Waals surface area (Å²) in [7, 11) is 0. The van der Waals surface area contributed by atoms with E-state index in [-0.39, 0.29) is 0 Å². The number of nitrogens with zero attached hydrogens (tertiary/aromatic N) is 4. The van der Waals surface area contributed by atoms with Crippen molar-refractivity contribution >= 4 is 49.3 Å². The summed E-state index contributed by atoms with van der Waals surface area (Å²) in [4.78, 5) is 8.89. The molecule has 3 heterocycles. The summed E-state index contributed by atoms with van der Waals surface area (Å²) >= 11 is 0. The van der Waals surface area contributed by atoms with Gasteiger partial charge in [0.05, 0.1) is 40.0 Å². The molecule has 0 atom stereocenters. The first kappa shape index (κ1) is 29.7. The fourth-order valence-electron chi connectivity index (χ4n) is 7.75. The molecule has 242 valence electrons. The Kier molecular flexibility index (Phi) is 6.84. The monoisotopic (exact) mass is 662 g/mol. The zero-order valence-corrected chi connectivity index (χ0v) is 28.1. The lowest BCUT2D eigenvalue weighted by atomic mass is 10.00. The largest absolute Gasteiger partial charge is 0.309 e. The molecule has 10 rings (SSSR count). The molecular formula is C48H30N4. The van der Waals surface area contributed by atoms with E-state index in [2.05, 4.69) is 172 Å². The van der Waals surface area contributed by atoms with E-state index in [1.54, 1.807) is 0 Å². The van der Waals surface area contributed by atoms with Gasteiger partial charge in [0, 0.05) is 38.7 Å². The molecule has 0 aliphatic carbocycles. The van der Waals surface area contributed by atoms with E-state index >= 15 is 0 Å². The standard InChI is InChI=1S/C48H30N4/c1-49-36-23-27-45-41(31-36)39-26-28-46-47(40-19-11-12-20-44(40)51(46)37-17-9-4-10-18-37)48(39)52(45)38-24-21-32(22-25-38)35-29-42(33-13-5-2-6-14-33)50-43(30-35)34-15-7-3-8-16-34/h2-31H. The normalized spacial score (nSPS) is 11.4. The summed E-state index contributed by atoms with van der Waals surface area (Å²) in [5, 5.41) is 4.58. The highest BCUT2D eigenvalue weighted by molar-refractivity contribution is 6.26. The Morgan fingerprint density at radius 3 is 1.65 bits per heavy atom. The van der Waals surface area contributed by atoms with Crippen molar-refractivity contribution in [3.63, 3.8) is 0 Å². The lowest BCUT2D eigenvalue weighted by Crippen LogP contribution is -1.96. The van der Waals surface area contributed by atoms with Crippen LogP contribution in [0.3, 0.4) is 0 Å². The molecule has 0 fully saturated rings. The van der Waals surface area contributed by atoms with Crippen molar-refractivity contribution in [1.29, 1.82) is 0 Å². The van der Waals surface area contributed by atoms with Gasteiger partial charge in [-0.25, -0.2) is 9.83 Å². The molecule has 4 nitrogen and oxygen atoms in total. The van der Waals surface area contributed by atoms with Crippen LogP contribution in [-0.2, 0) is 0 Å². The van der Waals surface area contributed by atoms with Gasteiger partial charge in [0.2, 0.25) is 0 Å². The zero-order chi connectivity index (χ0) is 34.6. The van der Waals surface area contributed by atoms with Gasteiger partial charge in [-0.3, -0.25) is 0 Å². The minimum atomic E-state index is 0.634. The summed E-state index contributed by atoms with van der Waals surface area (Å²) in [5.41, 5.74) is 13.6. The van der Waals surface area contributed by atoms with Gasteiger partial charge in [0.1, 0.15) is 0 Å². The van der Waals surface area contributed by atoms with Gasteiger partial charge in [-0.05, 0) is 77.2 Å². The number of pyridine rings is 1. The SMILES string of the molecule is [C-]#[N+]c1ccc2c(c1)c1ccc3c(c4ccccc4n3-c3ccccc3)c1n2-c1ccc(-c2cc(-c3ccccc3)nc(-c3ccccc3)c2)cc1. The van der Waals surface area contributed by atoms with E-state index < -0.39 is 0 Å². The number of aromatic nitrogens is 3. The topological polar surface area (TPSA) is 27.1 Å². The zero-order valence-electron chi connectivity index (χ0n) is 28.1. The smallest absolute Gasteiger partial charge is 0.188 e. The van der Waals surface area contributed by atoms with Gasteiger partial charge in [0.15, 0.2) is 5.69 Å². The lowest BCUT2D eigenvalue weighted by molar-refractivity contribution is 1.17. The lowest BCUT2D eigenvalue weighted by Gasteiger charge is -2.13. The average Bonchev–Trinajstić information content (AvgIpc) is 3.74. The van der Waals surface area contributed by atoms with E-state index in [1.807, 2.05) is 24.3 Å². The van der Waals surface area contributed by atoms with Crippen molar-refractivity contribution in [2.24, 2.45) is 0 Å². The van der Waals surface area contributed by atoms with E-state index in [9.17, 15) is 0 Å². The van der Waals surface area contributed by atoms with Gasteiger partial charge < -0.3 is 9.13 Å². The molecular weight excluding hydrogens is 633 g/mol. The number of fused-ring (bicyclic) bond motifs is 7. The number of hydrogen-bond acceptors (Lipinski definition) is 1. The summed E-state index contributed by atoms with van der Waals surface area (Å²) in [6.45, 7) is 7.79. The van der Waals surface area contributed by atoms with E-state index in [1.165, 1.54) is 10.8 Å². The molecule has 4 heteroatoms. The summed E-state index contributed by atoms with van der Waals surface area (Å²) < 4.78 is 4.74. The molecule has 0 saturated heterocycles. The maximum absolute atomic E-state index is 7.79. The van der Waals surface area contributed by atoms with Crippen LogP contribution in [-0.4, -0.2) is 14.1 Å². The summed E-state index contributed by atoms with van der Waals surface area (Å²) in [6.07, 6.45) is 0. The third-order valence-electron chi connectivity index (χ3n) is 10.1. The van der Waals surface area contributed by atoms with Crippen LogP contribution in [0, 0.1) is 6.57 Å². The highest BCUT2D eigenvalue weighted by Crippen LogP contribution is 2.43. The minimum absolute atomic E-state index is 0.634. The van der Waals surface area contributed by atoms with Crippen LogP contribution in [0.5, 0.6) is 0 Å². The fourth-order valence-corrected chi connectivity index (χ4v) is 7.75. The van der Waals surface area contributed by atoms with Crippen molar-refractivity contribution in [2.75, 3.05) is 0 Å². The molecule has 0 N–H and O–H groups in total. The third kappa shape index (κ3) is 4.72. The van der Waals surface area contributed by atoms with Crippen molar-refractivity contribution in [1.82, 2.24) is 14.1 Å². The van der Waals surface area contributed by atoms with Crippen molar-refractivity contribution in [3.05, 3.63) is 193 Å². The molecule has 0 aliphatic rings. The molecule has 0 unspecified atom stereocenters. The molecule has 0 aliphatic heterocycles. The van der Waals surface area contributed by atoms with Gasteiger partial charge in [0.25, 0.3) is 0 Å². The highest BCUT2D eigenvalue weighted by Gasteiger charge is 2.21. The number of rotatable bonds is 5.